The zero-order valence-corrected chi connectivity index (χ0v) is 12.8. The van der Waals surface area contributed by atoms with Crippen molar-refractivity contribution in [3.8, 4) is 5.75 Å². The monoisotopic (exact) mass is 273 g/mol. The van der Waals surface area contributed by atoms with Crippen molar-refractivity contribution in [2.24, 2.45) is 5.92 Å². The number of benzene rings is 1. The molecule has 0 aliphatic heterocycles. The second-order valence-electron chi connectivity index (χ2n) is 6.54. The van der Waals surface area contributed by atoms with Crippen molar-refractivity contribution in [3.63, 3.8) is 0 Å². The number of nitrogens with one attached hydrogen (secondary N) is 1. The van der Waals surface area contributed by atoms with Crippen LogP contribution >= 0.6 is 0 Å². The fraction of sp³-hybridized carbons (Fsp3) is 0.667. The summed E-state index contributed by atoms with van der Waals surface area (Å²) in [7, 11) is 2.07. The van der Waals surface area contributed by atoms with E-state index in [2.05, 4.69) is 43.6 Å². The predicted molar refractivity (Wildman–Crippen MR) is 83.3 cm³/mol. The third-order valence-corrected chi connectivity index (χ3v) is 5.31. The second kappa shape index (κ2) is 6.17. The van der Waals surface area contributed by atoms with Crippen LogP contribution in [0, 0.1) is 5.92 Å². The van der Waals surface area contributed by atoms with E-state index in [9.17, 15) is 0 Å². The molecule has 1 aromatic rings. The first-order valence-corrected chi connectivity index (χ1v) is 8.22. The fourth-order valence-corrected chi connectivity index (χ4v) is 3.78. The zero-order valence-electron chi connectivity index (χ0n) is 12.8. The number of hydrogen-bond donors (Lipinski definition) is 1. The number of hydrogen-bond acceptors (Lipinski definition) is 2. The molecule has 3 atom stereocenters. The Labute approximate surface area is 122 Å². The van der Waals surface area contributed by atoms with Crippen molar-refractivity contribution >= 4 is 0 Å². The lowest BCUT2D eigenvalue weighted by atomic mass is 9.67. The first-order valence-electron chi connectivity index (χ1n) is 8.22. The minimum Gasteiger partial charge on any atom is -0.490 e. The summed E-state index contributed by atoms with van der Waals surface area (Å²) in [5.74, 6) is 2.51. The zero-order chi connectivity index (χ0) is 13.9. The normalized spacial score (nSPS) is 30.8. The molecule has 0 saturated heterocycles. The van der Waals surface area contributed by atoms with Crippen LogP contribution in [-0.2, 0) is 0 Å². The van der Waals surface area contributed by atoms with Crippen molar-refractivity contribution in [1.82, 2.24) is 5.32 Å². The Morgan fingerprint density at radius 2 is 1.75 bits per heavy atom. The van der Waals surface area contributed by atoms with Gasteiger partial charge >= 0.3 is 0 Å². The second-order valence-corrected chi connectivity index (χ2v) is 6.54. The Hall–Kier alpha value is -1.02. The molecule has 3 unspecified atom stereocenters. The Bertz CT molecular complexity index is 422. The van der Waals surface area contributed by atoms with Crippen LogP contribution < -0.4 is 10.1 Å². The van der Waals surface area contributed by atoms with E-state index in [1.807, 2.05) is 0 Å². The van der Waals surface area contributed by atoms with Gasteiger partial charge in [-0.3, -0.25) is 0 Å². The molecule has 0 radical (unpaired) electrons. The summed E-state index contributed by atoms with van der Waals surface area (Å²) in [4.78, 5) is 0. The Kier molecular flexibility index (Phi) is 4.30. The van der Waals surface area contributed by atoms with Crippen LogP contribution in [-0.4, -0.2) is 19.2 Å². The van der Waals surface area contributed by atoms with Crippen LogP contribution in [0.1, 0.15) is 56.9 Å². The number of ether oxygens (including phenoxy) is 1. The molecule has 2 saturated carbocycles. The Morgan fingerprint density at radius 3 is 2.35 bits per heavy atom. The SMILES string of the molecule is CNC1CC(c2ccc(OC3CCCCC3)cc2)C1C. The first-order chi connectivity index (χ1) is 9.78. The predicted octanol–water partition coefficient (Wildman–Crippen LogP) is 4.11. The molecule has 2 nitrogen and oxygen atoms in total. The first kappa shape index (κ1) is 13.9. The Morgan fingerprint density at radius 1 is 1.05 bits per heavy atom. The van der Waals surface area contributed by atoms with Gasteiger partial charge in [0.05, 0.1) is 6.10 Å². The third-order valence-electron chi connectivity index (χ3n) is 5.31. The van der Waals surface area contributed by atoms with Crippen LogP contribution in [0.2, 0.25) is 0 Å². The lowest BCUT2D eigenvalue weighted by Gasteiger charge is -2.43. The lowest BCUT2D eigenvalue weighted by Crippen LogP contribution is -2.46. The van der Waals surface area contributed by atoms with Crippen molar-refractivity contribution in [1.29, 1.82) is 0 Å². The standard InChI is InChI=1S/C18H27NO/c1-13-17(12-18(13)19-2)14-8-10-16(11-9-14)20-15-6-4-3-5-7-15/h8-11,13,15,17-19H,3-7,12H2,1-2H3. The molecular weight excluding hydrogens is 246 g/mol. The maximum Gasteiger partial charge on any atom is 0.119 e. The maximum absolute atomic E-state index is 6.10. The average molecular weight is 273 g/mol. The van der Waals surface area contributed by atoms with E-state index in [1.54, 1.807) is 0 Å². The van der Waals surface area contributed by atoms with Gasteiger partial charge in [0.25, 0.3) is 0 Å². The van der Waals surface area contributed by atoms with E-state index in [4.69, 9.17) is 4.74 Å². The molecule has 2 heteroatoms. The Balaban J connectivity index is 1.57. The van der Waals surface area contributed by atoms with E-state index in [0.717, 1.165) is 17.6 Å². The van der Waals surface area contributed by atoms with Crippen molar-refractivity contribution < 1.29 is 4.74 Å². The van der Waals surface area contributed by atoms with Gasteiger partial charge < -0.3 is 10.1 Å². The van der Waals surface area contributed by atoms with E-state index in [1.165, 1.54) is 44.1 Å². The van der Waals surface area contributed by atoms with Gasteiger partial charge in [0.2, 0.25) is 0 Å². The van der Waals surface area contributed by atoms with Gasteiger partial charge in [-0.2, -0.15) is 0 Å². The molecular formula is C18H27NO. The summed E-state index contributed by atoms with van der Waals surface area (Å²) in [6.07, 6.45) is 8.20. The summed E-state index contributed by atoms with van der Waals surface area (Å²) in [6, 6.07) is 9.57. The molecule has 2 fully saturated rings. The molecule has 0 bridgehead atoms. The molecule has 0 heterocycles. The number of rotatable bonds is 4. The molecule has 20 heavy (non-hydrogen) atoms. The van der Waals surface area contributed by atoms with E-state index in [-0.39, 0.29) is 0 Å². The summed E-state index contributed by atoms with van der Waals surface area (Å²) in [5, 5.41) is 3.39. The molecule has 2 aliphatic rings. The molecule has 0 spiro atoms. The van der Waals surface area contributed by atoms with Gasteiger partial charge in [-0.25, -0.2) is 0 Å². The third kappa shape index (κ3) is 2.85. The summed E-state index contributed by atoms with van der Waals surface area (Å²) >= 11 is 0. The highest BCUT2D eigenvalue weighted by Gasteiger charge is 2.37. The van der Waals surface area contributed by atoms with Crippen molar-refractivity contribution in [2.45, 2.75) is 63.5 Å². The molecule has 0 amide bonds. The largest absolute Gasteiger partial charge is 0.490 e. The molecule has 2 aliphatic carbocycles. The van der Waals surface area contributed by atoms with Crippen LogP contribution in [0.25, 0.3) is 0 Å². The van der Waals surface area contributed by atoms with Gasteiger partial charge in [0.15, 0.2) is 0 Å². The fourth-order valence-electron chi connectivity index (χ4n) is 3.78. The maximum atomic E-state index is 6.10. The van der Waals surface area contributed by atoms with Gasteiger partial charge in [-0.15, -0.1) is 0 Å². The van der Waals surface area contributed by atoms with Crippen molar-refractivity contribution in [3.05, 3.63) is 29.8 Å². The summed E-state index contributed by atoms with van der Waals surface area (Å²) in [5.41, 5.74) is 1.47. The topological polar surface area (TPSA) is 21.3 Å². The molecule has 3 rings (SSSR count). The van der Waals surface area contributed by atoms with Gasteiger partial charge in [0.1, 0.15) is 5.75 Å². The van der Waals surface area contributed by atoms with Crippen LogP contribution in [0.4, 0.5) is 0 Å². The van der Waals surface area contributed by atoms with Gasteiger partial charge in [-0.05, 0) is 68.7 Å². The van der Waals surface area contributed by atoms with E-state index < -0.39 is 0 Å². The highest BCUT2D eigenvalue weighted by atomic mass is 16.5. The summed E-state index contributed by atoms with van der Waals surface area (Å²) in [6.45, 7) is 2.35. The van der Waals surface area contributed by atoms with Crippen LogP contribution in [0.15, 0.2) is 24.3 Å². The minimum absolute atomic E-state index is 0.450. The lowest BCUT2D eigenvalue weighted by molar-refractivity contribution is 0.154. The smallest absolute Gasteiger partial charge is 0.119 e. The highest BCUT2D eigenvalue weighted by Crippen LogP contribution is 2.42. The van der Waals surface area contributed by atoms with Crippen LogP contribution in [0.5, 0.6) is 5.75 Å². The van der Waals surface area contributed by atoms with E-state index >= 15 is 0 Å². The highest BCUT2D eigenvalue weighted by molar-refractivity contribution is 5.32. The molecule has 1 aromatic carbocycles. The minimum atomic E-state index is 0.450. The van der Waals surface area contributed by atoms with Gasteiger partial charge in [-0.1, -0.05) is 25.5 Å². The molecule has 1 N–H and O–H groups in total. The average Bonchev–Trinajstić information content (AvgIpc) is 2.49. The molecule has 110 valence electrons. The van der Waals surface area contributed by atoms with Gasteiger partial charge in [0, 0.05) is 6.04 Å². The summed E-state index contributed by atoms with van der Waals surface area (Å²) < 4.78 is 6.10. The van der Waals surface area contributed by atoms with Crippen LogP contribution in [0.3, 0.4) is 0 Å². The molecule has 0 aromatic heterocycles. The quantitative estimate of drug-likeness (QED) is 0.891. The van der Waals surface area contributed by atoms with Crippen molar-refractivity contribution in [2.75, 3.05) is 7.05 Å². The van der Waals surface area contributed by atoms with E-state index in [0.29, 0.717) is 12.1 Å².